The number of carboxylic acids is 1. The van der Waals surface area contributed by atoms with Crippen LogP contribution in [-0.4, -0.2) is 36.2 Å². The Morgan fingerprint density at radius 2 is 2.00 bits per heavy atom. The predicted octanol–water partition coefficient (Wildman–Crippen LogP) is 0.638. The Bertz CT molecular complexity index is 215. The Labute approximate surface area is 89.8 Å². The van der Waals surface area contributed by atoms with Crippen molar-refractivity contribution in [2.24, 2.45) is 5.92 Å². The summed E-state index contributed by atoms with van der Waals surface area (Å²) in [6.07, 6.45) is -0.0600. The summed E-state index contributed by atoms with van der Waals surface area (Å²) in [4.78, 5) is 21.8. The average Bonchev–Trinajstić information content (AvgIpc) is 2.12. The lowest BCUT2D eigenvalue weighted by atomic mass is 10.0. The number of carboxylic acid groups (broad SMARTS) is 1. The molecule has 2 N–H and O–H groups in total. The van der Waals surface area contributed by atoms with Crippen molar-refractivity contribution in [2.45, 2.75) is 33.2 Å². The second kappa shape index (κ2) is 7.23. The van der Waals surface area contributed by atoms with Crippen molar-refractivity contribution in [1.29, 1.82) is 0 Å². The van der Waals surface area contributed by atoms with E-state index in [4.69, 9.17) is 9.84 Å². The second-order valence-corrected chi connectivity index (χ2v) is 3.65. The number of hydrogen-bond donors (Lipinski definition) is 2. The molecule has 0 aromatic carbocycles. The van der Waals surface area contributed by atoms with Crippen LogP contribution in [0.5, 0.6) is 0 Å². The fourth-order valence-corrected chi connectivity index (χ4v) is 1.08. The van der Waals surface area contributed by atoms with Crippen molar-refractivity contribution >= 4 is 11.9 Å². The quantitative estimate of drug-likeness (QED) is 0.656. The van der Waals surface area contributed by atoms with Gasteiger partial charge in [-0.25, -0.2) is 0 Å². The molecule has 0 aliphatic carbocycles. The van der Waals surface area contributed by atoms with E-state index in [-0.39, 0.29) is 30.9 Å². The van der Waals surface area contributed by atoms with Crippen molar-refractivity contribution in [2.75, 3.05) is 13.2 Å². The van der Waals surface area contributed by atoms with E-state index in [2.05, 4.69) is 5.32 Å². The maximum Gasteiger partial charge on any atom is 0.305 e. The first-order valence-corrected chi connectivity index (χ1v) is 5.06. The molecule has 0 bridgehead atoms. The van der Waals surface area contributed by atoms with E-state index >= 15 is 0 Å². The van der Waals surface area contributed by atoms with Crippen LogP contribution in [-0.2, 0) is 14.3 Å². The van der Waals surface area contributed by atoms with Gasteiger partial charge < -0.3 is 15.2 Å². The molecule has 1 atom stereocenters. The molecule has 0 aromatic rings. The average molecular weight is 217 g/mol. The van der Waals surface area contributed by atoms with Crippen molar-refractivity contribution in [3.05, 3.63) is 0 Å². The number of carbonyl (C=O) groups is 2. The number of ether oxygens (including phenoxy) is 1. The van der Waals surface area contributed by atoms with Crippen molar-refractivity contribution < 1.29 is 19.4 Å². The van der Waals surface area contributed by atoms with E-state index in [0.717, 1.165) is 0 Å². The van der Waals surface area contributed by atoms with Crippen molar-refractivity contribution in [3.63, 3.8) is 0 Å². The molecule has 15 heavy (non-hydrogen) atoms. The molecule has 88 valence electrons. The fourth-order valence-electron chi connectivity index (χ4n) is 1.08. The normalized spacial score (nSPS) is 12.5. The lowest BCUT2D eigenvalue weighted by Gasteiger charge is -2.20. The molecule has 0 aliphatic rings. The molecule has 0 aliphatic heterocycles. The van der Waals surface area contributed by atoms with Crippen molar-refractivity contribution in [1.82, 2.24) is 5.32 Å². The van der Waals surface area contributed by atoms with Gasteiger partial charge in [-0.1, -0.05) is 13.8 Å². The number of aliphatic carboxylic acids is 1. The van der Waals surface area contributed by atoms with E-state index in [0.29, 0.717) is 6.61 Å². The largest absolute Gasteiger partial charge is 0.481 e. The molecule has 1 amide bonds. The minimum atomic E-state index is -0.912. The molecule has 5 nitrogen and oxygen atoms in total. The molecular formula is C10H19NO4. The molecule has 0 spiro atoms. The molecule has 0 rings (SSSR count). The van der Waals surface area contributed by atoms with Gasteiger partial charge in [-0.05, 0) is 12.8 Å². The lowest BCUT2D eigenvalue weighted by molar-refractivity contribution is -0.138. The first-order valence-electron chi connectivity index (χ1n) is 5.06. The molecule has 0 saturated carbocycles. The molecule has 0 radical (unpaired) electrons. The van der Waals surface area contributed by atoms with Crippen LogP contribution in [0.2, 0.25) is 0 Å². The first kappa shape index (κ1) is 13.9. The highest BCUT2D eigenvalue weighted by Gasteiger charge is 2.18. The molecule has 1 unspecified atom stereocenters. The lowest BCUT2D eigenvalue weighted by Crippen LogP contribution is -2.41. The Kier molecular flexibility index (Phi) is 6.70. The summed E-state index contributed by atoms with van der Waals surface area (Å²) < 4.78 is 4.92. The Morgan fingerprint density at radius 1 is 1.40 bits per heavy atom. The molecule has 0 fully saturated rings. The van der Waals surface area contributed by atoms with Gasteiger partial charge in [-0.2, -0.15) is 0 Å². The zero-order chi connectivity index (χ0) is 11.8. The molecule has 0 saturated heterocycles. The summed E-state index contributed by atoms with van der Waals surface area (Å²) in [5, 5.41) is 11.3. The summed E-state index contributed by atoms with van der Waals surface area (Å²) in [6, 6.07) is -0.338. The van der Waals surface area contributed by atoms with E-state index in [1.54, 1.807) is 6.92 Å². The summed E-state index contributed by atoms with van der Waals surface area (Å²) in [5.41, 5.74) is 0. The van der Waals surface area contributed by atoms with Crippen molar-refractivity contribution in [3.8, 4) is 0 Å². The van der Waals surface area contributed by atoms with E-state index in [1.807, 2.05) is 13.8 Å². The number of amides is 1. The standard InChI is InChI=1S/C10H19NO4/c1-4-15-6-9(12)11-8(7(2)3)5-10(13)14/h7-8H,4-6H2,1-3H3,(H,11,12)(H,13,14). The van der Waals surface area contributed by atoms with Crippen LogP contribution in [0.1, 0.15) is 27.2 Å². The van der Waals surface area contributed by atoms with E-state index in [9.17, 15) is 9.59 Å². The third kappa shape index (κ3) is 6.90. The third-order valence-electron chi connectivity index (χ3n) is 1.98. The number of rotatable bonds is 7. The van der Waals surface area contributed by atoms with Crippen LogP contribution in [0.3, 0.4) is 0 Å². The first-order chi connectivity index (χ1) is 6.97. The predicted molar refractivity (Wildman–Crippen MR) is 55.5 cm³/mol. The van der Waals surface area contributed by atoms with Gasteiger partial charge in [0.2, 0.25) is 5.91 Å². The minimum Gasteiger partial charge on any atom is -0.481 e. The van der Waals surface area contributed by atoms with Crippen LogP contribution in [0, 0.1) is 5.92 Å². The summed E-state index contributed by atoms with van der Waals surface area (Å²) in [5.74, 6) is -1.09. The number of hydrogen-bond acceptors (Lipinski definition) is 3. The van der Waals surface area contributed by atoms with Gasteiger partial charge in [-0.3, -0.25) is 9.59 Å². The zero-order valence-corrected chi connectivity index (χ0v) is 9.45. The van der Waals surface area contributed by atoms with Gasteiger partial charge in [0.25, 0.3) is 0 Å². The van der Waals surface area contributed by atoms with E-state index < -0.39 is 5.97 Å². The maximum absolute atomic E-state index is 11.3. The summed E-state index contributed by atoms with van der Waals surface area (Å²) in [7, 11) is 0. The van der Waals surface area contributed by atoms with Crippen LogP contribution >= 0.6 is 0 Å². The SMILES string of the molecule is CCOCC(=O)NC(CC(=O)O)C(C)C. The monoisotopic (exact) mass is 217 g/mol. The Morgan fingerprint density at radius 3 is 2.40 bits per heavy atom. The van der Waals surface area contributed by atoms with Gasteiger partial charge in [0, 0.05) is 12.6 Å². The highest BCUT2D eigenvalue weighted by atomic mass is 16.5. The fraction of sp³-hybridized carbons (Fsp3) is 0.800. The molecule has 5 heteroatoms. The van der Waals surface area contributed by atoms with E-state index in [1.165, 1.54) is 0 Å². The van der Waals surface area contributed by atoms with Crippen LogP contribution < -0.4 is 5.32 Å². The van der Waals surface area contributed by atoms with Gasteiger partial charge in [0.05, 0.1) is 6.42 Å². The van der Waals surface area contributed by atoms with Gasteiger partial charge in [0.15, 0.2) is 0 Å². The highest BCUT2D eigenvalue weighted by molar-refractivity contribution is 5.78. The maximum atomic E-state index is 11.3. The zero-order valence-electron chi connectivity index (χ0n) is 9.45. The minimum absolute atomic E-state index is 0.0145. The Balaban J connectivity index is 4.04. The third-order valence-corrected chi connectivity index (χ3v) is 1.98. The highest BCUT2D eigenvalue weighted by Crippen LogP contribution is 2.05. The number of nitrogens with one attached hydrogen (secondary N) is 1. The van der Waals surface area contributed by atoms with Gasteiger partial charge in [0.1, 0.15) is 6.61 Å². The van der Waals surface area contributed by atoms with Crippen LogP contribution in [0.4, 0.5) is 0 Å². The molecule has 0 aromatic heterocycles. The summed E-state index contributed by atoms with van der Waals surface area (Å²) >= 11 is 0. The van der Waals surface area contributed by atoms with Gasteiger partial charge >= 0.3 is 5.97 Å². The van der Waals surface area contributed by atoms with Gasteiger partial charge in [-0.15, -0.1) is 0 Å². The second-order valence-electron chi connectivity index (χ2n) is 3.65. The van der Waals surface area contributed by atoms with Crippen LogP contribution in [0.25, 0.3) is 0 Å². The molecular weight excluding hydrogens is 198 g/mol. The topological polar surface area (TPSA) is 75.6 Å². The Hall–Kier alpha value is -1.10. The summed E-state index contributed by atoms with van der Waals surface area (Å²) in [6.45, 7) is 5.99. The van der Waals surface area contributed by atoms with Crippen LogP contribution in [0.15, 0.2) is 0 Å². The number of carbonyl (C=O) groups excluding carboxylic acids is 1. The smallest absolute Gasteiger partial charge is 0.305 e. The molecule has 0 heterocycles.